The average molecular weight is 289 g/mol. The molecule has 4 rings (SSSR count). The topological polar surface area (TPSA) is 21.1 Å². The van der Waals surface area contributed by atoms with Gasteiger partial charge in [0, 0.05) is 60.9 Å². The van der Waals surface area contributed by atoms with Crippen LogP contribution in [0.5, 0.6) is 0 Å². The van der Waals surface area contributed by atoms with Crippen LogP contribution in [0.4, 0.5) is 0 Å². The summed E-state index contributed by atoms with van der Waals surface area (Å²) in [6, 6.07) is 12.9. The number of aryl methyl sites for hydroxylation is 2. The number of nitrogens with zero attached hydrogens (tertiary/aromatic N) is 3. The van der Waals surface area contributed by atoms with Gasteiger partial charge >= 0.3 is 0 Å². The standard InChI is InChI=1S/C19H19N3/c1-21-12-9-19-17(14-21)16-4-2-3-5-18(16)22(19)13-8-15-6-10-20-11-7-15/h2-7,9-12H,8,13-14H2,1H3. The number of fused-ring (bicyclic) bond motifs is 3. The number of rotatable bonds is 3. The van der Waals surface area contributed by atoms with Gasteiger partial charge in [0.25, 0.3) is 0 Å². The Balaban J connectivity index is 1.76. The van der Waals surface area contributed by atoms with Gasteiger partial charge in [0.15, 0.2) is 0 Å². The van der Waals surface area contributed by atoms with E-state index in [1.807, 2.05) is 12.4 Å². The number of hydrogen-bond acceptors (Lipinski definition) is 2. The Morgan fingerprint density at radius 3 is 2.77 bits per heavy atom. The van der Waals surface area contributed by atoms with E-state index < -0.39 is 0 Å². The lowest BCUT2D eigenvalue weighted by molar-refractivity contribution is 0.447. The number of pyridine rings is 1. The molecular formula is C19H19N3. The highest BCUT2D eigenvalue weighted by Gasteiger charge is 2.18. The SMILES string of the molecule is CN1C=Cc2c(c3ccccc3n2CCc2ccncc2)C1. The number of aromatic nitrogens is 2. The fourth-order valence-corrected chi connectivity index (χ4v) is 3.28. The summed E-state index contributed by atoms with van der Waals surface area (Å²) in [5.41, 5.74) is 5.46. The van der Waals surface area contributed by atoms with Crippen molar-refractivity contribution in [1.29, 1.82) is 0 Å². The maximum Gasteiger partial charge on any atom is 0.0488 e. The molecule has 3 heterocycles. The van der Waals surface area contributed by atoms with E-state index in [1.165, 1.54) is 27.7 Å². The zero-order chi connectivity index (χ0) is 14.9. The molecule has 0 N–H and O–H groups in total. The minimum Gasteiger partial charge on any atom is -0.376 e. The van der Waals surface area contributed by atoms with Crippen LogP contribution in [0.25, 0.3) is 17.0 Å². The second-order valence-electron chi connectivity index (χ2n) is 5.87. The summed E-state index contributed by atoms with van der Waals surface area (Å²) in [7, 11) is 2.13. The van der Waals surface area contributed by atoms with Crippen LogP contribution < -0.4 is 0 Å². The van der Waals surface area contributed by atoms with Gasteiger partial charge in [-0.3, -0.25) is 4.98 Å². The Kier molecular flexibility index (Phi) is 3.19. The Labute approximate surface area is 130 Å². The fourth-order valence-electron chi connectivity index (χ4n) is 3.28. The molecule has 1 aliphatic heterocycles. The number of hydrogen-bond donors (Lipinski definition) is 0. The first-order valence-corrected chi connectivity index (χ1v) is 7.70. The van der Waals surface area contributed by atoms with Crippen LogP contribution in [0, 0.1) is 0 Å². The molecule has 3 nitrogen and oxygen atoms in total. The maximum atomic E-state index is 4.10. The Hall–Kier alpha value is -2.55. The van der Waals surface area contributed by atoms with Gasteiger partial charge in [-0.05, 0) is 36.3 Å². The van der Waals surface area contributed by atoms with Crippen LogP contribution in [0.15, 0.2) is 55.0 Å². The van der Waals surface area contributed by atoms with Crippen LogP contribution in [0.1, 0.15) is 16.8 Å². The predicted molar refractivity (Wildman–Crippen MR) is 90.4 cm³/mol. The van der Waals surface area contributed by atoms with Crippen LogP contribution >= 0.6 is 0 Å². The quantitative estimate of drug-likeness (QED) is 0.733. The molecule has 22 heavy (non-hydrogen) atoms. The van der Waals surface area contributed by atoms with Crippen molar-refractivity contribution in [2.75, 3.05) is 7.05 Å². The molecule has 110 valence electrons. The van der Waals surface area contributed by atoms with Crippen molar-refractivity contribution in [3.8, 4) is 0 Å². The zero-order valence-electron chi connectivity index (χ0n) is 12.7. The van der Waals surface area contributed by atoms with E-state index in [9.17, 15) is 0 Å². The molecule has 1 aliphatic rings. The summed E-state index contributed by atoms with van der Waals surface area (Å²) in [5, 5.41) is 1.38. The molecule has 0 atom stereocenters. The summed E-state index contributed by atoms with van der Waals surface area (Å²) >= 11 is 0. The largest absolute Gasteiger partial charge is 0.376 e. The first kappa shape index (κ1) is 13.1. The molecule has 0 fully saturated rings. The Bertz CT molecular complexity index is 831. The van der Waals surface area contributed by atoms with Crippen LogP contribution in [-0.4, -0.2) is 21.5 Å². The van der Waals surface area contributed by atoms with Crippen LogP contribution in [0.3, 0.4) is 0 Å². The fraction of sp³-hybridized carbons (Fsp3) is 0.211. The second kappa shape index (κ2) is 5.34. The van der Waals surface area contributed by atoms with Crippen molar-refractivity contribution in [3.63, 3.8) is 0 Å². The molecule has 2 aromatic heterocycles. The zero-order valence-corrected chi connectivity index (χ0v) is 12.7. The summed E-state index contributed by atoms with van der Waals surface area (Å²) in [5.74, 6) is 0. The van der Waals surface area contributed by atoms with Gasteiger partial charge in [0.2, 0.25) is 0 Å². The molecule has 3 heteroatoms. The average Bonchev–Trinajstić information content (AvgIpc) is 2.87. The summed E-state index contributed by atoms with van der Waals surface area (Å²) in [6.45, 7) is 1.97. The monoisotopic (exact) mass is 289 g/mol. The summed E-state index contributed by atoms with van der Waals surface area (Å²) < 4.78 is 2.45. The van der Waals surface area contributed by atoms with E-state index in [2.05, 4.69) is 70.2 Å². The van der Waals surface area contributed by atoms with Gasteiger partial charge in [0.1, 0.15) is 0 Å². The second-order valence-corrected chi connectivity index (χ2v) is 5.87. The van der Waals surface area contributed by atoms with Crippen molar-refractivity contribution in [3.05, 3.63) is 71.8 Å². The van der Waals surface area contributed by atoms with Crippen molar-refractivity contribution in [2.24, 2.45) is 0 Å². The van der Waals surface area contributed by atoms with E-state index in [1.54, 1.807) is 0 Å². The molecule has 0 spiro atoms. The predicted octanol–water partition coefficient (Wildman–Crippen LogP) is 3.70. The number of para-hydroxylation sites is 1. The number of benzene rings is 1. The highest BCUT2D eigenvalue weighted by Crippen LogP contribution is 2.31. The Morgan fingerprint density at radius 1 is 1.09 bits per heavy atom. The van der Waals surface area contributed by atoms with Crippen molar-refractivity contribution in [1.82, 2.24) is 14.5 Å². The lowest BCUT2D eigenvalue weighted by Gasteiger charge is -2.20. The molecule has 0 unspecified atom stereocenters. The van der Waals surface area contributed by atoms with E-state index in [0.717, 1.165) is 19.5 Å². The summed E-state index contributed by atoms with van der Waals surface area (Å²) in [6.07, 6.45) is 9.17. The molecule has 3 aromatic rings. The van der Waals surface area contributed by atoms with Gasteiger partial charge in [0.05, 0.1) is 0 Å². The minimum absolute atomic E-state index is 0.981. The van der Waals surface area contributed by atoms with Gasteiger partial charge in [-0.2, -0.15) is 0 Å². The molecule has 0 bridgehead atoms. The third-order valence-electron chi connectivity index (χ3n) is 4.39. The van der Waals surface area contributed by atoms with Crippen molar-refractivity contribution >= 4 is 17.0 Å². The van der Waals surface area contributed by atoms with Crippen LogP contribution in [0.2, 0.25) is 0 Å². The molecule has 0 saturated carbocycles. The summed E-state index contributed by atoms with van der Waals surface area (Å²) in [4.78, 5) is 6.33. The molecule has 0 aliphatic carbocycles. The lowest BCUT2D eigenvalue weighted by atomic mass is 10.1. The lowest BCUT2D eigenvalue weighted by Crippen LogP contribution is -2.15. The maximum absolute atomic E-state index is 4.10. The van der Waals surface area contributed by atoms with Crippen molar-refractivity contribution in [2.45, 2.75) is 19.5 Å². The third kappa shape index (κ3) is 2.19. The van der Waals surface area contributed by atoms with Gasteiger partial charge in [-0.15, -0.1) is 0 Å². The van der Waals surface area contributed by atoms with Crippen molar-refractivity contribution < 1.29 is 0 Å². The molecular weight excluding hydrogens is 270 g/mol. The highest BCUT2D eigenvalue weighted by atomic mass is 15.1. The van der Waals surface area contributed by atoms with Gasteiger partial charge < -0.3 is 9.47 Å². The highest BCUT2D eigenvalue weighted by molar-refractivity contribution is 5.88. The third-order valence-corrected chi connectivity index (χ3v) is 4.39. The van der Waals surface area contributed by atoms with E-state index in [-0.39, 0.29) is 0 Å². The molecule has 0 radical (unpaired) electrons. The normalized spacial score (nSPS) is 13.6. The molecule has 0 saturated heterocycles. The first-order valence-electron chi connectivity index (χ1n) is 7.70. The van der Waals surface area contributed by atoms with E-state index in [0.29, 0.717) is 0 Å². The van der Waals surface area contributed by atoms with Gasteiger partial charge in [-0.25, -0.2) is 0 Å². The minimum atomic E-state index is 0.981. The first-order chi connectivity index (χ1) is 10.8. The molecule has 1 aromatic carbocycles. The van der Waals surface area contributed by atoms with Gasteiger partial charge in [-0.1, -0.05) is 18.2 Å². The van der Waals surface area contributed by atoms with Crippen LogP contribution in [-0.2, 0) is 19.5 Å². The smallest absolute Gasteiger partial charge is 0.0488 e. The Morgan fingerprint density at radius 2 is 1.91 bits per heavy atom. The van der Waals surface area contributed by atoms with E-state index in [4.69, 9.17) is 0 Å². The molecule has 0 amide bonds. The van der Waals surface area contributed by atoms with E-state index >= 15 is 0 Å².